The summed E-state index contributed by atoms with van der Waals surface area (Å²) in [4.78, 5) is 11.9. The summed E-state index contributed by atoms with van der Waals surface area (Å²) >= 11 is 0. The molecule has 0 atom stereocenters. The number of carbonyl (C=O) groups excluding carboxylic acids is 1. The quantitative estimate of drug-likeness (QED) is 0.0558. The summed E-state index contributed by atoms with van der Waals surface area (Å²) in [5.41, 5.74) is 0. The van der Waals surface area contributed by atoms with Gasteiger partial charge >= 0.3 is 5.97 Å². The zero-order valence-electron chi connectivity index (χ0n) is 34.8. The molecule has 0 aromatic rings. The van der Waals surface area contributed by atoms with Gasteiger partial charge in [0.2, 0.25) is 0 Å². The van der Waals surface area contributed by atoms with Gasteiger partial charge in [0.25, 0.3) is 0 Å². The van der Waals surface area contributed by atoms with E-state index in [1.165, 1.54) is 83.5 Å². The highest BCUT2D eigenvalue weighted by Gasteiger charge is 2.03. The molecule has 0 unspecified atom stereocenters. The van der Waals surface area contributed by atoms with Gasteiger partial charge in [0.05, 0.1) is 132 Å². The van der Waals surface area contributed by atoms with Crippen molar-refractivity contribution in [2.24, 2.45) is 0 Å². The summed E-state index contributed by atoms with van der Waals surface area (Å²) in [6.45, 7) is 13.8. The maximum absolute atomic E-state index is 11.9. The Labute approximate surface area is 329 Å². The number of unbranched alkanes of at least 4 members (excludes halogenated alkanes) is 14. The molecule has 0 fully saturated rings. The van der Waals surface area contributed by atoms with Gasteiger partial charge in [-0.2, -0.15) is 0 Å². The van der Waals surface area contributed by atoms with Gasteiger partial charge in [-0.25, -0.2) is 0 Å². The van der Waals surface area contributed by atoms with Gasteiger partial charge in [-0.05, 0) is 13.5 Å². The van der Waals surface area contributed by atoms with Crippen molar-refractivity contribution < 1.29 is 56.9 Å². The third kappa shape index (κ3) is 49.0. The number of esters is 1. The van der Waals surface area contributed by atoms with Gasteiger partial charge in [0, 0.05) is 13.0 Å². The molecule has 0 bridgehead atoms. The van der Waals surface area contributed by atoms with Crippen molar-refractivity contribution in [2.75, 3.05) is 152 Å². The van der Waals surface area contributed by atoms with Crippen LogP contribution in [0, 0.1) is 0 Å². The molecule has 324 valence electrons. The van der Waals surface area contributed by atoms with Gasteiger partial charge in [0.15, 0.2) is 0 Å². The van der Waals surface area contributed by atoms with Crippen LogP contribution in [0.5, 0.6) is 0 Å². The van der Waals surface area contributed by atoms with Gasteiger partial charge in [-0.1, -0.05) is 96.8 Å². The number of hydrogen-bond acceptors (Lipinski definition) is 13. The highest BCUT2D eigenvalue weighted by molar-refractivity contribution is 5.69. The Morgan fingerprint density at radius 2 is 0.574 bits per heavy atom. The topological polar surface area (TPSA) is 131 Å². The van der Waals surface area contributed by atoms with E-state index < -0.39 is 0 Å². The highest BCUT2D eigenvalue weighted by atomic mass is 16.6. The predicted molar refractivity (Wildman–Crippen MR) is 213 cm³/mol. The molecule has 0 saturated carbocycles. The normalized spacial score (nSPS) is 11.5. The van der Waals surface area contributed by atoms with Crippen LogP contribution in [0.1, 0.15) is 110 Å². The van der Waals surface area contributed by atoms with Crippen LogP contribution in [0.2, 0.25) is 0 Å². The first-order valence-electron chi connectivity index (χ1n) is 21.4. The van der Waals surface area contributed by atoms with E-state index in [1.807, 2.05) is 7.05 Å². The van der Waals surface area contributed by atoms with Crippen LogP contribution < -0.4 is 5.32 Å². The molecular formula is C41H83NO12. The maximum atomic E-state index is 11.9. The smallest absolute Gasteiger partial charge is 0.305 e. The number of ether oxygens (including phenoxy) is 11. The van der Waals surface area contributed by atoms with Gasteiger partial charge < -0.3 is 57.4 Å². The Morgan fingerprint density at radius 3 is 0.852 bits per heavy atom. The Kier molecular flexibility index (Phi) is 49.2. The van der Waals surface area contributed by atoms with Crippen molar-refractivity contribution in [2.45, 2.75) is 110 Å². The number of hydrogen-bond donors (Lipinski definition) is 1. The van der Waals surface area contributed by atoms with E-state index in [2.05, 4.69) is 12.2 Å². The molecule has 0 rings (SSSR count). The van der Waals surface area contributed by atoms with Crippen molar-refractivity contribution in [1.82, 2.24) is 5.32 Å². The lowest BCUT2D eigenvalue weighted by Gasteiger charge is -2.09. The fraction of sp³-hybridized carbons (Fsp3) is 0.976. The minimum absolute atomic E-state index is 0.129. The molecule has 1 N–H and O–H groups in total. The van der Waals surface area contributed by atoms with Crippen LogP contribution in [-0.4, -0.2) is 158 Å². The average Bonchev–Trinajstić information content (AvgIpc) is 3.18. The molecule has 0 saturated heterocycles. The van der Waals surface area contributed by atoms with E-state index in [0.29, 0.717) is 145 Å². The maximum Gasteiger partial charge on any atom is 0.305 e. The van der Waals surface area contributed by atoms with E-state index in [0.717, 1.165) is 19.4 Å². The van der Waals surface area contributed by atoms with Gasteiger partial charge in [0.1, 0.15) is 6.61 Å². The number of carbonyl (C=O) groups is 1. The first kappa shape index (κ1) is 53.0. The first-order chi connectivity index (χ1) is 26.8. The van der Waals surface area contributed by atoms with Crippen molar-refractivity contribution in [3.05, 3.63) is 0 Å². The molecule has 0 aliphatic rings. The average molecular weight is 782 g/mol. The minimum Gasteiger partial charge on any atom is -0.463 e. The summed E-state index contributed by atoms with van der Waals surface area (Å²) in [6, 6.07) is 0. The largest absolute Gasteiger partial charge is 0.463 e. The molecular weight excluding hydrogens is 698 g/mol. The second-order valence-corrected chi connectivity index (χ2v) is 13.1. The van der Waals surface area contributed by atoms with Crippen LogP contribution in [0.15, 0.2) is 0 Å². The molecule has 54 heavy (non-hydrogen) atoms. The summed E-state index contributed by atoms with van der Waals surface area (Å²) in [5, 5.41) is 3.02. The highest BCUT2D eigenvalue weighted by Crippen LogP contribution is 2.13. The van der Waals surface area contributed by atoms with E-state index in [9.17, 15) is 4.79 Å². The van der Waals surface area contributed by atoms with Crippen molar-refractivity contribution >= 4 is 5.97 Å². The standard InChI is InChI=1S/C41H83NO12/c1-3-4-5-6-7-8-9-10-11-12-13-14-15-16-17-18-41(43)54-40-39-53-38-37-52-36-35-51-34-33-50-32-31-49-30-29-48-28-27-47-26-25-46-24-23-45-22-21-44-20-19-42-2/h42H,3-40H2,1-2H3. The zero-order valence-corrected chi connectivity index (χ0v) is 34.8. The van der Waals surface area contributed by atoms with Gasteiger partial charge in [-0.3, -0.25) is 4.79 Å². The van der Waals surface area contributed by atoms with Crippen LogP contribution >= 0.6 is 0 Å². The van der Waals surface area contributed by atoms with E-state index in [1.54, 1.807) is 0 Å². The summed E-state index contributed by atoms with van der Waals surface area (Å²) < 4.78 is 60.0. The molecule has 0 spiro atoms. The molecule has 13 heteroatoms. The fourth-order valence-corrected chi connectivity index (χ4v) is 5.18. The third-order valence-electron chi connectivity index (χ3n) is 8.32. The minimum atomic E-state index is -0.129. The van der Waals surface area contributed by atoms with Crippen molar-refractivity contribution in [1.29, 1.82) is 0 Å². The molecule has 0 aromatic heterocycles. The number of likely N-dealkylation sites (N-methyl/N-ethyl adjacent to an activating group) is 1. The Morgan fingerprint density at radius 1 is 0.333 bits per heavy atom. The first-order valence-corrected chi connectivity index (χ1v) is 21.4. The second-order valence-electron chi connectivity index (χ2n) is 13.1. The molecule has 0 heterocycles. The summed E-state index contributed by atoms with van der Waals surface area (Å²) in [7, 11) is 1.90. The fourth-order valence-electron chi connectivity index (χ4n) is 5.18. The lowest BCUT2D eigenvalue weighted by Crippen LogP contribution is -2.17. The number of nitrogens with one attached hydrogen (secondary N) is 1. The molecule has 0 amide bonds. The van der Waals surface area contributed by atoms with Crippen LogP contribution in [0.3, 0.4) is 0 Å². The molecule has 13 nitrogen and oxygen atoms in total. The zero-order chi connectivity index (χ0) is 38.9. The van der Waals surface area contributed by atoms with Crippen molar-refractivity contribution in [3.8, 4) is 0 Å². The third-order valence-corrected chi connectivity index (χ3v) is 8.32. The molecule has 0 aliphatic carbocycles. The monoisotopic (exact) mass is 782 g/mol. The lowest BCUT2D eigenvalue weighted by molar-refractivity contribution is -0.145. The Bertz CT molecular complexity index is 695. The molecule has 0 aliphatic heterocycles. The number of rotatable bonds is 49. The van der Waals surface area contributed by atoms with Crippen LogP contribution in [-0.2, 0) is 56.9 Å². The Balaban J connectivity index is 3.12. The second kappa shape index (κ2) is 50.0. The van der Waals surface area contributed by atoms with Gasteiger partial charge in [-0.15, -0.1) is 0 Å². The van der Waals surface area contributed by atoms with Crippen LogP contribution in [0.25, 0.3) is 0 Å². The van der Waals surface area contributed by atoms with E-state index in [-0.39, 0.29) is 5.97 Å². The Hall–Kier alpha value is -0.970. The predicted octanol–water partition coefficient (Wildman–Crippen LogP) is 6.18. The van der Waals surface area contributed by atoms with E-state index >= 15 is 0 Å². The lowest BCUT2D eigenvalue weighted by atomic mass is 10.0. The van der Waals surface area contributed by atoms with Crippen LogP contribution in [0.4, 0.5) is 0 Å². The summed E-state index contributed by atoms with van der Waals surface area (Å²) in [5.74, 6) is -0.129. The van der Waals surface area contributed by atoms with E-state index in [4.69, 9.17) is 52.1 Å². The summed E-state index contributed by atoms with van der Waals surface area (Å²) in [6.07, 6.45) is 20.2. The SMILES string of the molecule is CCCCCCCCCCCCCCCCCC(=O)OCCOCCOCCOCCOCCOCCOCCOCCOCCOCCOCCNC. The van der Waals surface area contributed by atoms with Crippen molar-refractivity contribution in [3.63, 3.8) is 0 Å². The molecule has 0 aromatic carbocycles. The molecule has 0 radical (unpaired) electrons.